The van der Waals surface area contributed by atoms with Gasteiger partial charge in [-0.25, -0.2) is 4.98 Å². The molecule has 0 fully saturated rings. The first kappa shape index (κ1) is 12.2. The van der Waals surface area contributed by atoms with Crippen molar-refractivity contribution in [3.8, 4) is 5.75 Å². The summed E-state index contributed by atoms with van der Waals surface area (Å²) < 4.78 is 5.38. The van der Waals surface area contributed by atoms with Crippen LogP contribution in [0.15, 0.2) is 36.7 Å². The standard InChI is InChI=1S/C18H16N2O/c1-10-15-9-19-7-6-13(15)11(2)18-17(10)14-8-12(21-3)4-5-16(14)20-18/h4-9,20H,1-3H3/p+1. The number of methoxy groups -OCH3 is 1. The van der Waals surface area contributed by atoms with Crippen LogP contribution < -0.4 is 9.72 Å². The van der Waals surface area contributed by atoms with Crippen LogP contribution in [-0.4, -0.2) is 12.1 Å². The highest BCUT2D eigenvalue weighted by Gasteiger charge is 2.15. The molecule has 3 heteroatoms. The number of pyridine rings is 1. The molecule has 2 aromatic heterocycles. The molecule has 0 spiro atoms. The first-order valence-electron chi connectivity index (χ1n) is 7.09. The van der Waals surface area contributed by atoms with E-state index in [0.717, 1.165) is 11.3 Å². The Morgan fingerprint density at radius 3 is 2.67 bits per heavy atom. The van der Waals surface area contributed by atoms with Crippen molar-refractivity contribution in [1.82, 2.24) is 4.98 Å². The molecule has 0 saturated heterocycles. The van der Waals surface area contributed by atoms with E-state index in [2.05, 4.69) is 48.2 Å². The fourth-order valence-corrected chi connectivity index (χ4v) is 3.31. The SMILES string of the molecule is COc1ccc2[nH]c3c(C)c4cc[nH+]cc4c(C)c3c2c1. The molecule has 0 aliphatic carbocycles. The molecule has 2 heterocycles. The molecule has 21 heavy (non-hydrogen) atoms. The molecule has 4 aromatic rings. The van der Waals surface area contributed by atoms with Gasteiger partial charge in [0.1, 0.15) is 5.75 Å². The highest BCUT2D eigenvalue weighted by atomic mass is 16.5. The van der Waals surface area contributed by atoms with E-state index in [1.165, 1.54) is 38.2 Å². The maximum Gasteiger partial charge on any atom is 0.175 e. The molecule has 0 aliphatic heterocycles. The number of aromatic amines is 2. The van der Waals surface area contributed by atoms with Crippen molar-refractivity contribution >= 4 is 32.6 Å². The Labute approximate surface area is 122 Å². The van der Waals surface area contributed by atoms with Crippen LogP contribution in [0.25, 0.3) is 32.6 Å². The largest absolute Gasteiger partial charge is 0.497 e. The van der Waals surface area contributed by atoms with Gasteiger partial charge >= 0.3 is 0 Å². The quantitative estimate of drug-likeness (QED) is 0.563. The Kier molecular flexibility index (Phi) is 2.45. The van der Waals surface area contributed by atoms with Crippen molar-refractivity contribution in [3.05, 3.63) is 47.8 Å². The van der Waals surface area contributed by atoms with E-state index in [9.17, 15) is 0 Å². The van der Waals surface area contributed by atoms with Gasteiger partial charge < -0.3 is 9.72 Å². The predicted octanol–water partition coefficient (Wildman–Crippen LogP) is 3.91. The number of H-pyrrole nitrogens is 2. The van der Waals surface area contributed by atoms with Gasteiger partial charge in [0.15, 0.2) is 12.4 Å². The van der Waals surface area contributed by atoms with Gasteiger partial charge in [-0.2, -0.15) is 0 Å². The summed E-state index contributed by atoms with van der Waals surface area (Å²) in [4.78, 5) is 6.76. The van der Waals surface area contributed by atoms with Gasteiger partial charge in [-0.3, -0.25) is 0 Å². The fourth-order valence-electron chi connectivity index (χ4n) is 3.31. The molecule has 0 saturated carbocycles. The lowest BCUT2D eigenvalue weighted by atomic mass is 9.97. The van der Waals surface area contributed by atoms with E-state index in [0.29, 0.717) is 0 Å². The summed E-state index contributed by atoms with van der Waals surface area (Å²) in [5, 5.41) is 5.06. The number of ether oxygens (including phenoxy) is 1. The second-order valence-corrected chi connectivity index (χ2v) is 5.51. The number of fused-ring (bicyclic) bond motifs is 4. The summed E-state index contributed by atoms with van der Waals surface area (Å²) in [7, 11) is 1.71. The maximum absolute atomic E-state index is 5.38. The molecule has 0 amide bonds. The zero-order chi connectivity index (χ0) is 14.6. The number of aromatic nitrogens is 2. The Bertz CT molecular complexity index is 999. The number of rotatable bonds is 1. The Morgan fingerprint density at radius 2 is 1.86 bits per heavy atom. The van der Waals surface area contributed by atoms with Crippen LogP contribution in [0.2, 0.25) is 0 Å². The molecule has 4 rings (SSSR count). The molecule has 2 aromatic carbocycles. The fraction of sp³-hybridized carbons (Fsp3) is 0.167. The summed E-state index contributed by atoms with van der Waals surface area (Å²) in [6.07, 6.45) is 4.06. The molecule has 0 aliphatic rings. The smallest absolute Gasteiger partial charge is 0.175 e. The molecule has 3 nitrogen and oxygen atoms in total. The van der Waals surface area contributed by atoms with E-state index in [1.807, 2.05) is 12.3 Å². The summed E-state index contributed by atoms with van der Waals surface area (Å²) in [6, 6.07) is 8.34. The van der Waals surface area contributed by atoms with Crippen LogP contribution in [0, 0.1) is 13.8 Å². The average Bonchev–Trinajstić information content (AvgIpc) is 2.91. The third kappa shape index (κ3) is 1.57. The number of benzene rings is 2. The molecule has 2 N–H and O–H groups in total. The number of nitrogens with one attached hydrogen (secondary N) is 2. The summed E-state index contributed by atoms with van der Waals surface area (Å²) >= 11 is 0. The van der Waals surface area contributed by atoms with Crippen LogP contribution in [-0.2, 0) is 0 Å². The first-order valence-corrected chi connectivity index (χ1v) is 7.09. The summed E-state index contributed by atoms with van der Waals surface area (Å²) in [6.45, 7) is 4.36. The van der Waals surface area contributed by atoms with Gasteiger partial charge in [0.2, 0.25) is 0 Å². The van der Waals surface area contributed by atoms with Crippen molar-refractivity contribution in [3.63, 3.8) is 0 Å². The van der Waals surface area contributed by atoms with Crippen molar-refractivity contribution in [2.24, 2.45) is 0 Å². The zero-order valence-electron chi connectivity index (χ0n) is 12.4. The van der Waals surface area contributed by atoms with E-state index in [1.54, 1.807) is 7.11 Å². The van der Waals surface area contributed by atoms with E-state index in [-0.39, 0.29) is 0 Å². The zero-order valence-corrected chi connectivity index (χ0v) is 12.4. The van der Waals surface area contributed by atoms with Crippen LogP contribution >= 0.6 is 0 Å². The topological polar surface area (TPSA) is 39.2 Å². The van der Waals surface area contributed by atoms with Crippen molar-refractivity contribution in [1.29, 1.82) is 0 Å². The number of hydrogen-bond donors (Lipinski definition) is 1. The third-order valence-corrected chi connectivity index (χ3v) is 4.43. The number of hydrogen-bond acceptors (Lipinski definition) is 1. The Morgan fingerprint density at radius 1 is 1.00 bits per heavy atom. The summed E-state index contributed by atoms with van der Waals surface area (Å²) in [5.74, 6) is 0.889. The van der Waals surface area contributed by atoms with Crippen LogP contribution in [0.4, 0.5) is 0 Å². The molecule has 0 bridgehead atoms. The highest BCUT2D eigenvalue weighted by molar-refractivity contribution is 6.16. The van der Waals surface area contributed by atoms with Gasteiger partial charge in [0, 0.05) is 27.7 Å². The van der Waals surface area contributed by atoms with Gasteiger partial charge in [-0.1, -0.05) is 0 Å². The second-order valence-electron chi connectivity index (χ2n) is 5.51. The molecule has 0 atom stereocenters. The van der Waals surface area contributed by atoms with Crippen molar-refractivity contribution < 1.29 is 9.72 Å². The minimum atomic E-state index is 0.889. The average molecular weight is 277 g/mol. The van der Waals surface area contributed by atoms with Crippen LogP contribution in [0.5, 0.6) is 5.75 Å². The predicted molar refractivity (Wildman–Crippen MR) is 85.9 cm³/mol. The second kappa shape index (κ2) is 4.22. The molecule has 104 valence electrons. The lowest BCUT2D eigenvalue weighted by Gasteiger charge is -2.06. The Balaban J connectivity index is 2.29. The van der Waals surface area contributed by atoms with E-state index >= 15 is 0 Å². The lowest BCUT2D eigenvalue weighted by Crippen LogP contribution is -1.99. The minimum Gasteiger partial charge on any atom is -0.497 e. The molecular weight excluding hydrogens is 260 g/mol. The number of aryl methyl sites for hydroxylation is 2. The monoisotopic (exact) mass is 277 g/mol. The van der Waals surface area contributed by atoms with Crippen molar-refractivity contribution in [2.75, 3.05) is 7.11 Å². The van der Waals surface area contributed by atoms with E-state index < -0.39 is 0 Å². The lowest BCUT2D eigenvalue weighted by molar-refractivity contribution is -0.375. The van der Waals surface area contributed by atoms with Crippen molar-refractivity contribution in [2.45, 2.75) is 13.8 Å². The third-order valence-electron chi connectivity index (χ3n) is 4.43. The normalized spacial score (nSPS) is 11.6. The first-order chi connectivity index (χ1) is 10.2. The van der Waals surface area contributed by atoms with Gasteiger partial charge in [0.25, 0.3) is 0 Å². The van der Waals surface area contributed by atoms with Gasteiger partial charge in [0.05, 0.1) is 12.6 Å². The van der Waals surface area contributed by atoms with Gasteiger partial charge in [-0.05, 0) is 48.6 Å². The van der Waals surface area contributed by atoms with E-state index in [4.69, 9.17) is 4.74 Å². The Hall–Kier alpha value is -2.55. The minimum absolute atomic E-state index is 0.889. The van der Waals surface area contributed by atoms with Gasteiger partial charge in [-0.15, -0.1) is 0 Å². The van der Waals surface area contributed by atoms with Crippen LogP contribution in [0.3, 0.4) is 0 Å². The summed E-state index contributed by atoms with van der Waals surface area (Å²) in [5.41, 5.74) is 4.95. The maximum atomic E-state index is 5.38. The molecule has 0 radical (unpaired) electrons. The molecule has 0 unspecified atom stereocenters. The highest BCUT2D eigenvalue weighted by Crippen LogP contribution is 2.36. The molecular formula is C18H17N2O+. The van der Waals surface area contributed by atoms with Crippen LogP contribution in [0.1, 0.15) is 11.1 Å².